The number of ether oxygens (including phenoxy) is 2. The van der Waals surface area contributed by atoms with Crippen molar-refractivity contribution in [3.05, 3.63) is 93.2 Å². The number of hydrogen-bond donors (Lipinski definition) is 1. The minimum absolute atomic E-state index is 0.0193. The van der Waals surface area contributed by atoms with Crippen LogP contribution in [0.2, 0.25) is 0 Å². The Labute approximate surface area is 272 Å². The van der Waals surface area contributed by atoms with E-state index in [0.717, 1.165) is 27.2 Å². The SMILES string of the molecule is CC(=O)OCc1c(C2=CN(C)C(C)C(Nc3cc4n(n3)CC(C)(C)OC4)=C2)ccnc1-n1ncc2cc(C(C)(C)C)cc(F)c2c1=O. The van der Waals surface area contributed by atoms with Crippen LogP contribution in [0.15, 0.2) is 59.4 Å². The smallest absolute Gasteiger partial charge is 0.302 e. The van der Waals surface area contributed by atoms with Gasteiger partial charge in [0.2, 0.25) is 0 Å². The summed E-state index contributed by atoms with van der Waals surface area (Å²) in [6, 6.07) is 6.94. The zero-order valence-corrected chi connectivity index (χ0v) is 28.0. The zero-order valence-electron chi connectivity index (χ0n) is 28.0. The second-order valence-electron chi connectivity index (χ2n) is 13.9. The molecule has 1 N–H and O–H groups in total. The van der Waals surface area contributed by atoms with Crippen molar-refractivity contribution in [1.29, 1.82) is 0 Å². The van der Waals surface area contributed by atoms with E-state index in [1.807, 2.05) is 64.7 Å². The topological polar surface area (TPSA) is 116 Å². The average Bonchev–Trinajstić information content (AvgIpc) is 3.38. The predicted octanol–water partition coefficient (Wildman–Crippen LogP) is 5.46. The Balaban J connectivity index is 1.43. The van der Waals surface area contributed by atoms with Crippen molar-refractivity contribution in [3.63, 3.8) is 0 Å². The summed E-state index contributed by atoms with van der Waals surface area (Å²) in [5.41, 5.74) is 3.24. The van der Waals surface area contributed by atoms with Gasteiger partial charge in [0.1, 0.15) is 12.4 Å². The van der Waals surface area contributed by atoms with Crippen LogP contribution in [-0.4, -0.2) is 54.1 Å². The van der Waals surface area contributed by atoms with Gasteiger partial charge in [0.25, 0.3) is 5.56 Å². The lowest BCUT2D eigenvalue weighted by Crippen LogP contribution is -2.36. The molecular formula is C35H40FN7O4. The second kappa shape index (κ2) is 11.8. The first-order valence-electron chi connectivity index (χ1n) is 15.6. The minimum atomic E-state index is -0.661. The molecule has 0 spiro atoms. The van der Waals surface area contributed by atoms with Crippen LogP contribution in [0.25, 0.3) is 22.2 Å². The molecule has 3 aromatic heterocycles. The third kappa shape index (κ3) is 6.29. The summed E-state index contributed by atoms with van der Waals surface area (Å²) in [4.78, 5) is 32.3. The Morgan fingerprint density at radius 3 is 2.72 bits per heavy atom. The van der Waals surface area contributed by atoms with E-state index < -0.39 is 17.3 Å². The monoisotopic (exact) mass is 641 g/mol. The molecule has 12 heteroatoms. The molecule has 6 rings (SSSR count). The Kier molecular flexibility index (Phi) is 8.03. The van der Waals surface area contributed by atoms with E-state index in [0.29, 0.717) is 35.5 Å². The van der Waals surface area contributed by atoms with Gasteiger partial charge in [0, 0.05) is 49.1 Å². The fourth-order valence-electron chi connectivity index (χ4n) is 5.82. The van der Waals surface area contributed by atoms with E-state index in [1.54, 1.807) is 18.3 Å². The van der Waals surface area contributed by atoms with Gasteiger partial charge in [-0.2, -0.15) is 14.9 Å². The van der Waals surface area contributed by atoms with Crippen molar-refractivity contribution in [2.75, 3.05) is 12.4 Å². The van der Waals surface area contributed by atoms with Gasteiger partial charge in [-0.15, -0.1) is 0 Å². The number of pyridine rings is 1. The minimum Gasteiger partial charge on any atom is -0.461 e. The van der Waals surface area contributed by atoms with Crippen molar-refractivity contribution < 1.29 is 18.7 Å². The molecular weight excluding hydrogens is 601 g/mol. The zero-order chi connectivity index (χ0) is 33.8. The summed E-state index contributed by atoms with van der Waals surface area (Å²) >= 11 is 0. The van der Waals surface area contributed by atoms with Gasteiger partial charge in [0.15, 0.2) is 11.6 Å². The quantitative estimate of drug-likeness (QED) is 0.274. The normalized spacial score (nSPS) is 17.6. The molecule has 1 atom stereocenters. The molecule has 246 valence electrons. The van der Waals surface area contributed by atoms with Crippen molar-refractivity contribution in [3.8, 4) is 5.82 Å². The highest BCUT2D eigenvalue weighted by Crippen LogP contribution is 2.33. The largest absolute Gasteiger partial charge is 0.461 e. The van der Waals surface area contributed by atoms with Crippen LogP contribution in [0.5, 0.6) is 0 Å². The number of halogens is 1. The predicted molar refractivity (Wildman–Crippen MR) is 177 cm³/mol. The van der Waals surface area contributed by atoms with E-state index in [1.165, 1.54) is 19.2 Å². The number of nitrogens with zero attached hydrogens (tertiary/aromatic N) is 6. The van der Waals surface area contributed by atoms with Gasteiger partial charge >= 0.3 is 5.97 Å². The van der Waals surface area contributed by atoms with Gasteiger partial charge in [-0.1, -0.05) is 20.8 Å². The number of aromatic nitrogens is 5. The molecule has 47 heavy (non-hydrogen) atoms. The van der Waals surface area contributed by atoms with E-state index in [9.17, 15) is 9.59 Å². The fraction of sp³-hybridized carbons (Fsp3) is 0.400. The van der Waals surface area contributed by atoms with Crippen LogP contribution in [0.4, 0.5) is 10.2 Å². The molecule has 0 amide bonds. The van der Waals surface area contributed by atoms with Gasteiger partial charge in [-0.25, -0.2) is 9.37 Å². The highest BCUT2D eigenvalue weighted by atomic mass is 19.1. The van der Waals surface area contributed by atoms with Crippen LogP contribution in [0.1, 0.15) is 70.9 Å². The average molecular weight is 642 g/mol. The first-order chi connectivity index (χ1) is 22.1. The Hall–Kier alpha value is -4.84. The number of benzene rings is 1. The molecule has 2 aliphatic rings. The molecule has 0 radical (unpaired) electrons. The van der Waals surface area contributed by atoms with Crippen LogP contribution >= 0.6 is 0 Å². The maximum Gasteiger partial charge on any atom is 0.302 e. The van der Waals surface area contributed by atoms with E-state index in [2.05, 4.69) is 27.2 Å². The highest BCUT2D eigenvalue weighted by molar-refractivity contribution is 5.83. The van der Waals surface area contributed by atoms with Gasteiger partial charge < -0.3 is 19.7 Å². The van der Waals surface area contributed by atoms with Crippen molar-refractivity contribution in [2.45, 2.75) is 85.3 Å². The molecule has 0 aliphatic carbocycles. The maximum atomic E-state index is 15.5. The molecule has 1 aromatic carbocycles. The van der Waals surface area contributed by atoms with Crippen LogP contribution in [0.3, 0.4) is 0 Å². The van der Waals surface area contributed by atoms with Crippen LogP contribution in [0, 0.1) is 5.82 Å². The summed E-state index contributed by atoms with van der Waals surface area (Å²) in [6.45, 7) is 14.3. The fourth-order valence-corrected chi connectivity index (χ4v) is 5.82. The molecule has 0 saturated heterocycles. The lowest BCUT2D eigenvalue weighted by atomic mass is 9.86. The molecule has 0 saturated carbocycles. The van der Waals surface area contributed by atoms with Gasteiger partial charge in [-0.05, 0) is 67.2 Å². The molecule has 5 heterocycles. The van der Waals surface area contributed by atoms with Crippen molar-refractivity contribution in [1.82, 2.24) is 29.4 Å². The lowest BCUT2D eigenvalue weighted by Gasteiger charge is -2.31. The summed E-state index contributed by atoms with van der Waals surface area (Å²) in [7, 11) is 1.96. The van der Waals surface area contributed by atoms with Crippen molar-refractivity contribution >= 4 is 28.1 Å². The Morgan fingerprint density at radius 1 is 1.23 bits per heavy atom. The first-order valence-corrected chi connectivity index (χ1v) is 15.6. The number of fused-ring (bicyclic) bond motifs is 2. The third-order valence-corrected chi connectivity index (χ3v) is 8.66. The summed E-state index contributed by atoms with van der Waals surface area (Å²) in [5, 5.41) is 13.0. The van der Waals surface area contributed by atoms with Crippen molar-refractivity contribution in [2.24, 2.45) is 0 Å². The number of carbonyl (C=O) groups is 1. The summed E-state index contributed by atoms with van der Waals surface area (Å²) in [6.07, 6.45) is 7.01. The van der Waals surface area contributed by atoms with Crippen LogP contribution in [-0.2, 0) is 39.4 Å². The van der Waals surface area contributed by atoms with E-state index >= 15 is 4.39 Å². The molecule has 11 nitrogen and oxygen atoms in total. The lowest BCUT2D eigenvalue weighted by molar-refractivity contribution is -0.142. The molecule has 0 bridgehead atoms. The number of anilines is 1. The number of hydrogen-bond acceptors (Lipinski definition) is 9. The molecule has 0 fully saturated rings. The van der Waals surface area contributed by atoms with E-state index in [4.69, 9.17) is 14.6 Å². The summed E-state index contributed by atoms with van der Waals surface area (Å²) in [5.74, 6) is -0.285. The summed E-state index contributed by atoms with van der Waals surface area (Å²) < 4.78 is 30.0. The van der Waals surface area contributed by atoms with Crippen LogP contribution < -0.4 is 10.9 Å². The Bertz CT molecular complexity index is 2020. The second-order valence-corrected chi connectivity index (χ2v) is 13.9. The van der Waals surface area contributed by atoms with E-state index in [-0.39, 0.29) is 34.9 Å². The first kappa shape index (κ1) is 32.1. The standard InChI is InChI=1S/C35H40FN7O4/c1-20-29(39-30-14-25-17-47-35(6,7)19-42(25)40-30)12-23(16-41(20)8)26-9-10-37-32(27(26)18-46-21(2)44)43-33(45)31-22(15-38-43)11-24(13-28(31)36)34(3,4)5/h9-16,20H,17-19H2,1-8H3,(H,39,40). The number of carbonyl (C=O) groups excluding carboxylic acids is 1. The Morgan fingerprint density at radius 2 is 2.00 bits per heavy atom. The maximum absolute atomic E-state index is 15.5. The number of allylic oxidation sites excluding steroid dienone is 2. The highest BCUT2D eigenvalue weighted by Gasteiger charge is 2.29. The number of rotatable bonds is 6. The number of esters is 1. The molecule has 2 aliphatic heterocycles. The molecule has 1 unspecified atom stereocenters. The van der Waals surface area contributed by atoms with Gasteiger partial charge in [-0.3, -0.25) is 14.3 Å². The number of nitrogens with one attached hydrogen (secondary N) is 1. The molecule has 4 aromatic rings. The van der Waals surface area contributed by atoms with Gasteiger partial charge in [0.05, 0.1) is 42.1 Å². The number of likely N-dealkylation sites (N-methyl/N-ethyl adjacent to an activating group) is 1. The third-order valence-electron chi connectivity index (χ3n) is 8.66.